The maximum atomic E-state index is 6.81. The normalized spacial score (nSPS) is 13.2. The van der Waals surface area contributed by atoms with Crippen LogP contribution in [0.2, 0.25) is 0 Å². The summed E-state index contributed by atoms with van der Waals surface area (Å²) in [5.41, 5.74) is 20.7. The maximum Gasteiger partial charge on any atom is 0.236 e. The Morgan fingerprint density at radius 1 is 0.381 bits per heavy atom. The molecule has 12 aromatic rings. The van der Waals surface area contributed by atoms with E-state index in [9.17, 15) is 0 Å². The molecule has 63 heavy (non-hydrogen) atoms. The molecule has 4 nitrogen and oxygen atoms in total. The number of benzene rings is 9. The number of hydrogen-bond donors (Lipinski definition) is 0. The van der Waals surface area contributed by atoms with Crippen LogP contribution in [0.3, 0.4) is 0 Å². The first-order valence-electron chi connectivity index (χ1n) is 21.6. The average Bonchev–Trinajstić information content (AvgIpc) is 4.08. The summed E-state index contributed by atoms with van der Waals surface area (Å²) >= 11 is 0. The molecule has 14 rings (SSSR count). The van der Waals surface area contributed by atoms with Gasteiger partial charge in [-0.05, 0) is 97.1 Å². The number of para-hydroxylation sites is 1. The SMILES string of the molecule is c1ccc(-c2ccc3c(c2)c2ccccc2n3-c2nc(-c3ccccc3)c3oc4ccc(-c5cccc6c5-c5ccccc5C65c6ccccc6-c6ccccc65)cc4c3n2)cc1. The summed E-state index contributed by atoms with van der Waals surface area (Å²) in [6.07, 6.45) is 0. The lowest BCUT2D eigenvalue weighted by molar-refractivity contribution is 0.666. The van der Waals surface area contributed by atoms with Gasteiger partial charge in [-0.25, -0.2) is 9.97 Å². The van der Waals surface area contributed by atoms with Crippen LogP contribution >= 0.6 is 0 Å². The van der Waals surface area contributed by atoms with Gasteiger partial charge in [-0.15, -0.1) is 0 Å². The molecule has 2 aliphatic rings. The molecule has 0 fully saturated rings. The summed E-state index contributed by atoms with van der Waals surface area (Å²) in [5.74, 6) is 0.600. The number of rotatable bonds is 4. The van der Waals surface area contributed by atoms with Gasteiger partial charge < -0.3 is 4.42 Å². The highest BCUT2D eigenvalue weighted by Gasteiger charge is 2.52. The zero-order valence-corrected chi connectivity index (χ0v) is 34.0. The predicted molar refractivity (Wildman–Crippen MR) is 256 cm³/mol. The van der Waals surface area contributed by atoms with Crippen molar-refractivity contribution in [2.75, 3.05) is 0 Å². The topological polar surface area (TPSA) is 43.9 Å². The number of furan rings is 1. The van der Waals surface area contributed by atoms with Crippen molar-refractivity contribution in [1.29, 1.82) is 0 Å². The number of nitrogens with zero attached hydrogens (tertiary/aromatic N) is 3. The van der Waals surface area contributed by atoms with Crippen LogP contribution in [0.5, 0.6) is 0 Å². The Labute approximate surface area is 363 Å². The predicted octanol–water partition coefficient (Wildman–Crippen LogP) is 14.8. The summed E-state index contributed by atoms with van der Waals surface area (Å²) < 4.78 is 9.02. The lowest BCUT2D eigenvalue weighted by atomic mass is 9.70. The van der Waals surface area contributed by atoms with Gasteiger partial charge in [0.2, 0.25) is 5.95 Å². The fourth-order valence-electron chi connectivity index (χ4n) is 11.1. The second-order valence-electron chi connectivity index (χ2n) is 16.8. The highest BCUT2D eigenvalue weighted by Crippen LogP contribution is 2.64. The Balaban J connectivity index is 1.02. The quantitative estimate of drug-likeness (QED) is 0.178. The Kier molecular flexibility index (Phi) is 7.01. The van der Waals surface area contributed by atoms with Crippen LogP contribution < -0.4 is 0 Å². The van der Waals surface area contributed by atoms with E-state index in [0.717, 1.165) is 55.1 Å². The van der Waals surface area contributed by atoms with Gasteiger partial charge in [0.25, 0.3) is 0 Å². The second kappa shape index (κ2) is 12.8. The molecule has 1 spiro atoms. The average molecular weight is 802 g/mol. The van der Waals surface area contributed by atoms with Crippen LogP contribution in [-0.2, 0) is 5.41 Å². The van der Waals surface area contributed by atoms with Gasteiger partial charge in [0.15, 0.2) is 5.58 Å². The van der Waals surface area contributed by atoms with E-state index in [0.29, 0.717) is 11.5 Å². The standard InChI is InChI=1S/C59H35N3O/c1-3-16-36(17-4-1)38-30-32-52-45(34-38)43-22-10-14-29-51(43)62(52)58-60-55(37-18-5-2-6-19-37)57-56(61-58)46-35-39(31-33-53(46)63-57)40-24-15-28-50-54(40)44-23-9-13-27-49(44)59(50)47-25-11-7-20-41(47)42-21-8-12-26-48(42)59/h1-35H. The lowest BCUT2D eigenvalue weighted by Crippen LogP contribution is -2.25. The van der Waals surface area contributed by atoms with E-state index in [2.05, 4.69) is 211 Å². The van der Waals surface area contributed by atoms with Gasteiger partial charge in [-0.1, -0.05) is 182 Å². The zero-order chi connectivity index (χ0) is 41.2. The van der Waals surface area contributed by atoms with Gasteiger partial charge in [-0.3, -0.25) is 4.57 Å². The summed E-state index contributed by atoms with van der Waals surface area (Å²) in [7, 11) is 0. The molecule has 0 atom stereocenters. The highest BCUT2D eigenvalue weighted by molar-refractivity contribution is 6.12. The zero-order valence-electron chi connectivity index (χ0n) is 34.0. The summed E-state index contributed by atoms with van der Waals surface area (Å²) in [4.78, 5) is 10.9. The molecule has 2 aliphatic carbocycles. The third-order valence-electron chi connectivity index (χ3n) is 13.7. The van der Waals surface area contributed by atoms with Gasteiger partial charge >= 0.3 is 0 Å². The van der Waals surface area contributed by atoms with Gasteiger partial charge in [0.05, 0.1) is 16.4 Å². The van der Waals surface area contributed by atoms with E-state index in [-0.39, 0.29) is 0 Å². The molecule has 292 valence electrons. The molecule has 9 aromatic carbocycles. The van der Waals surface area contributed by atoms with Crippen LogP contribution in [0.15, 0.2) is 217 Å². The lowest BCUT2D eigenvalue weighted by Gasteiger charge is -2.30. The Morgan fingerprint density at radius 2 is 0.952 bits per heavy atom. The summed E-state index contributed by atoms with van der Waals surface area (Å²) in [6, 6.07) is 76.6. The third-order valence-corrected chi connectivity index (χ3v) is 13.7. The van der Waals surface area contributed by atoms with Crippen LogP contribution in [0.25, 0.3) is 106 Å². The van der Waals surface area contributed by atoms with Crippen molar-refractivity contribution < 1.29 is 4.42 Å². The van der Waals surface area contributed by atoms with Gasteiger partial charge in [0.1, 0.15) is 16.8 Å². The van der Waals surface area contributed by atoms with Crippen molar-refractivity contribution in [3.63, 3.8) is 0 Å². The number of aromatic nitrogens is 3. The van der Waals surface area contributed by atoms with E-state index in [1.54, 1.807) is 0 Å². The Morgan fingerprint density at radius 3 is 1.71 bits per heavy atom. The fraction of sp³-hybridized carbons (Fsp3) is 0.0169. The first-order chi connectivity index (χ1) is 31.3. The van der Waals surface area contributed by atoms with E-state index >= 15 is 0 Å². The van der Waals surface area contributed by atoms with E-state index in [1.165, 1.54) is 61.2 Å². The molecule has 0 unspecified atom stereocenters. The highest BCUT2D eigenvalue weighted by atomic mass is 16.3. The van der Waals surface area contributed by atoms with Crippen LogP contribution in [0.1, 0.15) is 22.3 Å². The molecule has 0 saturated carbocycles. The molecule has 0 amide bonds. The first kappa shape index (κ1) is 34.4. The van der Waals surface area contributed by atoms with Crippen molar-refractivity contribution in [2.45, 2.75) is 5.41 Å². The Bertz CT molecular complexity index is 3810. The minimum absolute atomic E-state index is 0.418. The van der Waals surface area contributed by atoms with E-state index < -0.39 is 5.41 Å². The fourth-order valence-corrected chi connectivity index (χ4v) is 11.1. The third kappa shape index (κ3) is 4.64. The number of fused-ring (bicyclic) bond motifs is 16. The van der Waals surface area contributed by atoms with E-state index in [4.69, 9.17) is 14.4 Å². The molecule has 0 N–H and O–H groups in total. The summed E-state index contributed by atoms with van der Waals surface area (Å²) in [6.45, 7) is 0. The van der Waals surface area contributed by atoms with Crippen molar-refractivity contribution in [2.24, 2.45) is 0 Å². The summed E-state index contributed by atoms with van der Waals surface area (Å²) in [5, 5.41) is 3.25. The van der Waals surface area contributed by atoms with Crippen molar-refractivity contribution in [3.05, 3.63) is 235 Å². The van der Waals surface area contributed by atoms with Crippen molar-refractivity contribution in [3.8, 4) is 61.7 Å². The molecule has 3 heterocycles. The smallest absolute Gasteiger partial charge is 0.236 e. The molecular formula is C59H35N3O. The minimum atomic E-state index is -0.418. The minimum Gasteiger partial charge on any atom is -0.452 e. The van der Waals surface area contributed by atoms with Gasteiger partial charge in [0, 0.05) is 21.7 Å². The maximum absolute atomic E-state index is 6.81. The van der Waals surface area contributed by atoms with Crippen molar-refractivity contribution in [1.82, 2.24) is 14.5 Å². The van der Waals surface area contributed by atoms with Gasteiger partial charge in [-0.2, -0.15) is 0 Å². The van der Waals surface area contributed by atoms with Crippen molar-refractivity contribution >= 4 is 43.9 Å². The molecule has 3 aromatic heterocycles. The molecule has 0 aliphatic heterocycles. The molecule has 0 saturated heterocycles. The second-order valence-corrected chi connectivity index (χ2v) is 16.8. The van der Waals surface area contributed by atoms with Crippen LogP contribution in [0.4, 0.5) is 0 Å². The molecular weight excluding hydrogens is 767 g/mol. The number of hydrogen-bond acceptors (Lipinski definition) is 3. The van der Waals surface area contributed by atoms with E-state index in [1.807, 2.05) is 6.07 Å². The monoisotopic (exact) mass is 801 g/mol. The molecule has 0 bridgehead atoms. The van der Waals surface area contributed by atoms with Crippen LogP contribution in [0, 0.1) is 0 Å². The molecule has 4 heteroatoms. The first-order valence-corrected chi connectivity index (χ1v) is 21.6. The van der Waals surface area contributed by atoms with Crippen LogP contribution in [-0.4, -0.2) is 14.5 Å². The Hall–Kier alpha value is -8.34. The largest absolute Gasteiger partial charge is 0.452 e. The molecule has 0 radical (unpaired) electrons.